The first-order valence-corrected chi connectivity index (χ1v) is 15.2. The lowest BCUT2D eigenvalue weighted by molar-refractivity contribution is -0.113. The van der Waals surface area contributed by atoms with Crippen LogP contribution in [0, 0.1) is 0 Å². The summed E-state index contributed by atoms with van der Waals surface area (Å²) in [7, 11) is 1.80. The van der Waals surface area contributed by atoms with E-state index in [1.165, 1.54) is 0 Å². The van der Waals surface area contributed by atoms with E-state index in [4.69, 9.17) is 23.2 Å². The van der Waals surface area contributed by atoms with Crippen molar-refractivity contribution < 1.29 is 14.7 Å². The molecule has 3 aromatic carbocycles. The quantitative estimate of drug-likeness (QED) is 0.245. The number of hydrogen-bond acceptors (Lipinski definition) is 4. The standard InChI is InChI=1S/C31H34BrCl2N3O3/c1-36(30(39)22-7-10-26(11-8-22)35-29(38)20-32)21-24(23-9-12-27(33)28(34)19-23)13-16-37-17-14-31(40,15-18-37)25-5-3-2-4-6-25/h2-12,19,24,40H,13-18,20-21H2,1H3,(H,35,38)/t24-/m1/s1. The van der Waals surface area contributed by atoms with Crippen molar-refractivity contribution in [3.63, 3.8) is 0 Å². The highest BCUT2D eigenvalue weighted by atomic mass is 79.9. The van der Waals surface area contributed by atoms with Crippen molar-refractivity contribution in [2.75, 3.05) is 43.9 Å². The summed E-state index contributed by atoms with van der Waals surface area (Å²) in [5.41, 5.74) is 2.39. The largest absolute Gasteiger partial charge is 0.385 e. The van der Waals surface area contributed by atoms with Gasteiger partial charge in [0.1, 0.15) is 0 Å². The highest BCUT2D eigenvalue weighted by molar-refractivity contribution is 9.09. The molecule has 0 aromatic heterocycles. The SMILES string of the molecule is CN(C[C@@H](CCN1CCC(O)(c2ccccc2)CC1)c1ccc(Cl)c(Cl)c1)C(=O)c1ccc(NC(=O)CBr)cc1. The van der Waals surface area contributed by atoms with E-state index in [9.17, 15) is 14.7 Å². The molecule has 3 aromatic rings. The van der Waals surface area contributed by atoms with Crippen molar-refractivity contribution >= 4 is 56.6 Å². The molecule has 212 valence electrons. The fourth-order valence-electron chi connectivity index (χ4n) is 5.18. The van der Waals surface area contributed by atoms with Crippen LogP contribution in [-0.2, 0) is 10.4 Å². The molecule has 6 nitrogen and oxygen atoms in total. The minimum Gasteiger partial charge on any atom is -0.385 e. The van der Waals surface area contributed by atoms with Crippen LogP contribution in [0.25, 0.3) is 0 Å². The van der Waals surface area contributed by atoms with Crippen molar-refractivity contribution in [2.45, 2.75) is 30.8 Å². The Kier molecular flexibility index (Phi) is 10.7. The minimum atomic E-state index is -0.792. The Hall–Kier alpha value is -2.42. The predicted octanol–water partition coefficient (Wildman–Crippen LogP) is 6.56. The Morgan fingerprint density at radius 2 is 1.70 bits per heavy atom. The lowest BCUT2D eigenvalue weighted by Gasteiger charge is -2.39. The molecule has 0 radical (unpaired) electrons. The molecular formula is C31H34BrCl2N3O3. The number of amides is 2. The third-order valence-corrected chi connectivity index (χ3v) is 8.83. The Balaban J connectivity index is 1.41. The molecule has 4 rings (SSSR count). The monoisotopic (exact) mass is 645 g/mol. The molecule has 1 aliphatic heterocycles. The minimum absolute atomic E-state index is 0.0381. The van der Waals surface area contributed by atoms with Crippen LogP contribution in [-0.4, -0.2) is 65.3 Å². The molecule has 2 amide bonds. The third kappa shape index (κ3) is 7.86. The third-order valence-electron chi connectivity index (χ3n) is 7.58. The zero-order valence-electron chi connectivity index (χ0n) is 22.5. The maximum atomic E-state index is 13.3. The summed E-state index contributed by atoms with van der Waals surface area (Å²) in [6, 6.07) is 22.5. The summed E-state index contributed by atoms with van der Waals surface area (Å²) in [5, 5.41) is 15.2. The number of aliphatic hydroxyl groups is 1. The highest BCUT2D eigenvalue weighted by Crippen LogP contribution is 2.34. The van der Waals surface area contributed by atoms with E-state index >= 15 is 0 Å². The molecule has 0 spiro atoms. The average Bonchev–Trinajstić information content (AvgIpc) is 2.98. The second kappa shape index (κ2) is 14.0. The lowest BCUT2D eigenvalue weighted by atomic mass is 9.84. The molecule has 0 saturated carbocycles. The van der Waals surface area contributed by atoms with E-state index in [1.54, 1.807) is 42.3 Å². The Labute approximate surface area is 254 Å². The summed E-state index contributed by atoms with van der Waals surface area (Å²) < 4.78 is 0. The van der Waals surface area contributed by atoms with Gasteiger partial charge in [-0.15, -0.1) is 0 Å². The number of alkyl halides is 1. The van der Waals surface area contributed by atoms with Gasteiger partial charge in [-0.25, -0.2) is 0 Å². The highest BCUT2D eigenvalue weighted by Gasteiger charge is 2.34. The topological polar surface area (TPSA) is 72.9 Å². The summed E-state index contributed by atoms with van der Waals surface area (Å²) in [6.45, 7) is 2.93. The number of nitrogens with zero attached hydrogens (tertiary/aromatic N) is 2. The molecular weight excluding hydrogens is 613 g/mol. The Bertz CT molecular complexity index is 1300. The number of likely N-dealkylation sites (N-methyl/N-ethyl adjacent to an activating group) is 1. The van der Waals surface area contributed by atoms with Crippen LogP contribution in [0.3, 0.4) is 0 Å². The number of carbonyl (C=O) groups is 2. The maximum Gasteiger partial charge on any atom is 0.253 e. The van der Waals surface area contributed by atoms with Gasteiger partial charge in [0, 0.05) is 43.9 Å². The number of rotatable bonds is 10. The molecule has 0 aliphatic carbocycles. The van der Waals surface area contributed by atoms with Crippen LogP contribution < -0.4 is 5.32 Å². The first-order chi connectivity index (χ1) is 19.2. The van der Waals surface area contributed by atoms with Crippen LogP contribution in [0.1, 0.15) is 46.7 Å². The van der Waals surface area contributed by atoms with E-state index in [0.717, 1.165) is 37.2 Å². The summed E-state index contributed by atoms with van der Waals surface area (Å²) in [6.07, 6.45) is 2.18. The molecule has 9 heteroatoms. The van der Waals surface area contributed by atoms with Crippen LogP contribution >= 0.6 is 39.1 Å². The molecule has 0 unspecified atom stereocenters. The van der Waals surface area contributed by atoms with Crippen LogP contribution in [0.2, 0.25) is 10.0 Å². The smallest absolute Gasteiger partial charge is 0.253 e. The van der Waals surface area contributed by atoms with Crippen LogP contribution in [0.4, 0.5) is 5.69 Å². The number of benzene rings is 3. The maximum absolute atomic E-state index is 13.3. The van der Waals surface area contributed by atoms with Crippen molar-refractivity contribution in [2.24, 2.45) is 0 Å². The number of anilines is 1. The average molecular weight is 647 g/mol. The van der Waals surface area contributed by atoms with E-state index in [0.29, 0.717) is 40.7 Å². The first-order valence-electron chi connectivity index (χ1n) is 13.3. The Morgan fingerprint density at radius 1 is 1.02 bits per heavy atom. The Morgan fingerprint density at radius 3 is 2.33 bits per heavy atom. The fourth-order valence-corrected chi connectivity index (χ4v) is 5.62. The first kappa shape index (κ1) is 30.5. The zero-order valence-corrected chi connectivity index (χ0v) is 25.6. The number of piperidine rings is 1. The van der Waals surface area contributed by atoms with Crippen LogP contribution in [0.15, 0.2) is 72.8 Å². The molecule has 1 saturated heterocycles. The number of carbonyl (C=O) groups excluding carboxylic acids is 2. The predicted molar refractivity (Wildman–Crippen MR) is 166 cm³/mol. The van der Waals surface area contributed by atoms with Crippen molar-refractivity contribution in [3.05, 3.63) is 99.5 Å². The van der Waals surface area contributed by atoms with Gasteiger partial charge in [-0.05, 0) is 73.3 Å². The fraction of sp³-hybridized carbons (Fsp3) is 0.355. The van der Waals surface area contributed by atoms with Gasteiger partial charge >= 0.3 is 0 Å². The van der Waals surface area contributed by atoms with E-state index in [-0.39, 0.29) is 23.1 Å². The molecule has 1 aliphatic rings. The van der Waals surface area contributed by atoms with E-state index in [2.05, 4.69) is 26.1 Å². The summed E-state index contributed by atoms with van der Waals surface area (Å²) >= 11 is 15.7. The second-order valence-corrected chi connectivity index (χ2v) is 11.7. The second-order valence-electron chi connectivity index (χ2n) is 10.3. The molecule has 2 N–H and O–H groups in total. The van der Waals surface area contributed by atoms with Gasteiger partial charge in [-0.2, -0.15) is 0 Å². The van der Waals surface area contributed by atoms with Gasteiger partial charge in [-0.1, -0.05) is 75.5 Å². The summed E-state index contributed by atoms with van der Waals surface area (Å²) in [4.78, 5) is 29.0. The summed E-state index contributed by atoms with van der Waals surface area (Å²) in [5.74, 6) is -0.218. The van der Waals surface area contributed by atoms with Crippen molar-refractivity contribution in [1.29, 1.82) is 0 Å². The van der Waals surface area contributed by atoms with Crippen molar-refractivity contribution in [1.82, 2.24) is 9.80 Å². The van der Waals surface area contributed by atoms with Gasteiger partial charge in [0.2, 0.25) is 5.91 Å². The molecule has 1 fully saturated rings. The van der Waals surface area contributed by atoms with Gasteiger partial charge in [0.15, 0.2) is 0 Å². The van der Waals surface area contributed by atoms with Gasteiger partial charge in [0.25, 0.3) is 5.91 Å². The molecule has 1 atom stereocenters. The number of nitrogens with one attached hydrogen (secondary N) is 1. The normalized spacial score (nSPS) is 15.8. The lowest BCUT2D eigenvalue weighted by Crippen LogP contribution is -2.43. The number of hydrogen-bond donors (Lipinski definition) is 2. The van der Waals surface area contributed by atoms with Crippen molar-refractivity contribution in [3.8, 4) is 0 Å². The molecule has 0 bridgehead atoms. The van der Waals surface area contributed by atoms with Crippen LogP contribution in [0.5, 0.6) is 0 Å². The number of halogens is 3. The number of likely N-dealkylation sites (tertiary alicyclic amines) is 1. The van der Waals surface area contributed by atoms with Gasteiger partial charge < -0.3 is 20.2 Å². The van der Waals surface area contributed by atoms with E-state index < -0.39 is 5.60 Å². The van der Waals surface area contributed by atoms with E-state index in [1.807, 2.05) is 42.5 Å². The molecule has 40 heavy (non-hydrogen) atoms. The molecule has 1 heterocycles. The zero-order chi connectivity index (χ0) is 28.7. The van der Waals surface area contributed by atoms with Gasteiger partial charge in [0.05, 0.1) is 21.0 Å². The van der Waals surface area contributed by atoms with Gasteiger partial charge in [-0.3, -0.25) is 9.59 Å².